The molecule has 1 aliphatic rings. The Morgan fingerprint density at radius 1 is 0.921 bits per heavy atom. The highest BCUT2D eigenvalue weighted by atomic mass is 32.1. The Morgan fingerprint density at radius 2 is 1.58 bits per heavy atom. The molecular weight excluding hydrogens is 496 g/mol. The monoisotopic (exact) mass is 526 g/mol. The lowest BCUT2D eigenvalue weighted by Crippen LogP contribution is -2.29. The average molecular weight is 527 g/mol. The van der Waals surface area contributed by atoms with Crippen LogP contribution in [0.4, 0.5) is 5.13 Å². The van der Waals surface area contributed by atoms with Gasteiger partial charge in [-0.15, -0.1) is 0 Å². The lowest BCUT2D eigenvalue weighted by atomic mass is 9.84. The second-order valence-electron chi connectivity index (χ2n) is 10.9. The number of nitrogens with zero attached hydrogens (tertiary/aromatic N) is 2. The molecule has 0 saturated carbocycles. The predicted octanol–water partition coefficient (Wildman–Crippen LogP) is 6.85. The maximum absolute atomic E-state index is 13.6. The molecule has 1 unspecified atom stereocenters. The molecule has 1 atom stereocenters. The molecule has 1 aliphatic heterocycles. The molecule has 38 heavy (non-hydrogen) atoms. The van der Waals surface area contributed by atoms with E-state index in [2.05, 4.69) is 20.8 Å². The Kier molecular flexibility index (Phi) is 6.15. The summed E-state index contributed by atoms with van der Waals surface area (Å²) in [5.74, 6) is -1.68. The number of carbonyl (C=O) groups is 2. The van der Waals surface area contributed by atoms with Crippen LogP contribution in [-0.4, -0.2) is 26.9 Å². The fourth-order valence-electron chi connectivity index (χ4n) is 4.76. The number of benzene rings is 3. The summed E-state index contributed by atoms with van der Waals surface area (Å²) in [6.45, 7) is 12.1. The smallest absolute Gasteiger partial charge is 0.301 e. The maximum Gasteiger partial charge on any atom is 0.301 e. The number of phenols is 1. The second kappa shape index (κ2) is 9.10. The van der Waals surface area contributed by atoms with Crippen LogP contribution in [-0.2, 0) is 15.0 Å². The van der Waals surface area contributed by atoms with Gasteiger partial charge in [0.15, 0.2) is 5.13 Å². The average Bonchev–Trinajstić information content (AvgIpc) is 3.36. The van der Waals surface area contributed by atoms with Crippen LogP contribution in [0.5, 0.6) is 5.75 Å². The fraction of sp³-hybridized carbons (Fsp3) is 0.258. The predicted molar refractivity (Wildman–Crippen MR) is 152 cm³/mol. The summed E-state index contributed by atoms with van der Waals surface area (Å²) in [5, 5.41) is 21.9. The Morgan fingerprint density at radius 3 is 2.24 bits per heavy atom. The molecule has 2 N–H and O–H groups in total. The van der Waals surface area contributed by atoms with Gasteiger partial charge in [-0.3, -0.25) is 14.5 Å². The van der Waals surface area contributed by atoms with Crippen LogP contribution in [0, 0.1) is 20.8 Å². The summed E-state index contributed by atoms with van der Waals surface area (Å²) < 4.78 is 0.906. The summed E-state index contributed by atoms with van der Waals surface area (Å²) in [5.41, 5.74) is 5.64. The number of aryl methyl sites for hydroxylation is 3. The zero-order valence-electron chi connectivity index (χ0n) is 22.3. The van der Waals surface area contributed by atoms with Crippen LogP contribution in [0.15, 0.2) is 60.2 Å². The first-order valence-electron chi connectivity index (χ1n) is 12.5. The number of aromatic hydroxyl groups is 1. The van der Waals surface area contributed by atoms with E-state index in [0.717, 1.165) is 32.5 Å². The summed E-state index contributed by atoms with van der Waals surface area (Å²) in [4.78, 5) is 33.3. The van der Waals surface area contributed by atoms with Gasteiger partial charge in [-0.1, -0.05) is 56.4 Å². The maximum atomic E-state index is 13.6. The van der Waals surface area contributed by atoms with Gasteiger partial charge in [0.05, 0.1) is 21.8 Å². The minimum atomic E-state index is -0.906. The Labute approximate surface area is 225 Å². The first kappa shape index (κ1) is 25.7. The molecule has 0 aliphatic carbocycles. The largest absolute Gasteiger partial charge is 0.508 e. The number of hydrogen-bond donors (Lipinski definition) is 2. The molecule has 194 valence electrons. The number of amides is 1. The number of hydrogen-bond acceptors (Lipinski definition) is 6. The quantitative estimate of drug-likeness (QED) is 0.173. The zero-order chi connectivity index (χ0) is 27.5. The van der Waals surface area contributed by atoms with Crippen LogP contribution in [0.2, 0.25) is 0 Å². The summed E-state index contributed by atoms with van der Waals surface area (Å²) in [6.07, 6.45) is 0. The molecular formula is C31H30N2O4S. The Balaban J connectivity index is 1.75. The lowest BCUT2D eigenvalue weighted by Gasteiger charge is -2.24. The highest BCUT2D eigenvalue weighted by Gasteiger charge is 2.48. The van der Waals surface area contributed by atoms with Crippen LogP contribution in [0.1, 0.15) is 60.2 Å². The number of carbonyl (C=O) groups excluding carboxylic acids is 2. The van der Waals surface area contributed by atoms with E-state index in [1.54, 1.807) is 12.1 Å². The third-order valence-electron chi connectivity index (χ3n) is 7.21. The van der Waals surface area contributed by atoms with E-state index < -0.39 is 17.7 Å². The van der Waals surface area contributed by atoms with Crippen molar-refractivity contribution >= 4 is 44.1 Å². The van der Waals surface area contributed by atoms with E-state index in [-0.39, 0.29) is 22.5 Å². The van der Waals surface area contributed by atoms with Gasteiger partial charge < -0.3 is 10.2 Å². The van der Waals surface area contributed by atoms with E-state index in [0.29, 0.717) is 16.3 Å². The fourth-order valence-corrected chi connectivity index (χ4v) is 5.83. The molecule has 0 radical (unpaired) electrons. The van der Waals surface area contributed by atoms with E-state index in [9.17, 15) is 19.8 Å². The van der Waals surface area contributed by atoms with Crippen LogP contribution < -0.4 is 4.90 Å². The Bertz CT molecular complexity index is 1600. The van der Waals surface area contributed by atoms with Gasteiger partial charge in [0.2, 0.25) is 0 Å². The van der Waals surface area contributed by atoms with E-state index in [1.807, 2.05) is 51.1 Å². The van der Waals surface area contributed by atoms with Crippen molar-refractivity contribution in [1.82, 2.24) is 4.98 Å². The van der Waals surface area contributed by atoms with Crippen LogP contribution in [0.3, 0.4) is 0 Å². The molecule has 1 fully saturated rings. The number of phenolic OH excluding ortho intramolecular Hbond substituents is 1. The first-order valence-corrected chi connectivity index (χ1v) is 13.3. The molecule has 4 aromatic rings. The highest BCUT2D eigenvalue weighted by Crippen LogP contribution is 2.45. The number of aliphatic hydroxyl groups excluding tert-OH is 1. The second-order valence-corrected chi connectivity index (χ2v) is 12.0. The van der Waals surface area contributed by atoms with Crippen molar-refractivity contribution in [2.75, 3.05) is 4.90 Å². The molecule has 1 saturated heterocycles. The number of ketones is 1. The number of Topliss-reactive ketones (excluding diaryl/α,β-unsaturated/α-hetero) is 1. The number of thiazole rings is 1. The van der Waals surface area contributed by atoms with E-state index in [4.69, 9.17) is 4.98 Å². The Hall–Kier alpha value is -3.97. The van der Waals surface area contributed by atoms with E-state index in [1.165, 1.54) is 28.4 Å². The molecule has 5 rings (SSSR count). The van der Waals surface area contributed by atoms with Gasteiger partial charge in [-0.2, -0.15) is 0 Å². The summed E-state index contributed by atoms with van der Waals surface area (Å²) >= 11 is 1.33. The van der Waals surface area contributed by atoms with Crippen molar-refractivity contribution in [2.45, 2.75) is 53.0 Å². The summed E-state index contributed by atoms with van der Waals surface area (Å²) in [6, 6.07) is 15.2. The number of aromatic nitrogens is 1. The van der Waals surface area contributed by atoms with Gasteiger partial charge >= 0.3 is 5.91 Å². The van der Waals surface area contributed by atoms with E-state index >= 15 is 0 Å². The molecule has 3 aromatic carbocycles. The molecule has 0 bridgehead atoms. The number of rotatable bonds is 3. The first-order chi connectivity index (χ1) is 17.9. The SMILES string of the molecule is Cc1cc2nc(N3C(=O)C(=O)/C(=C(/O)c4cc(C(C)(C)C)ccc4C)C3c3ccc(O)cc3)sc2cc1C. The molecule has 7 heteroatoms. The van der Waals surface area contributed by atoms with Gasteiger partial charge in [0, 0.05) is 5.56 Å². The van der Waals surface area contributed by atoms with Gasteiger partial charge in [-0.05, 0) is 84.3 Å². The van der Waals surface area contributed by atoms with Crippen molar-refractivity contribution in [3.8, 4) is 5.75 Å². The molecule has 6 nitrogen and oxygen atoms in total. The van der Waals surface area contributed by atoms with Gasteiger partial charge in [0.1, 0.15) is 11.5 Å². The minimum absolute atomic E-state index is 0.00136. The third kappa shape index (κ3) is 4.27. The van der Waals surface area contributed by atoms with Gasteiger partial charge in [-0.25, -0.2) is 4.98 Å². The van der Waals surface area contributed by atoms with Crippen molar-refractivity contribution in [2.24, 2.45) is 0 Å². The van der Waals surface area contributed by atoms with Crippen molar-refractivity contribution in [3.05, 3.63) is 93.6 Å². The normalized spacial score (nSPS) is 17.5. The minimum Gasteiger partial charge on any atom is -0.508 e. The molecule has 0 spiro atoms. The summed E-state index contributed by atoms with van der Waals surface area (Å²) in [7, 11) is 0. The van der Waals surface area contributed by atoms with Crippen LogP contribution in [0.25, 0.3) is 16.0 Å². The molecule has 1 amide bonds. The number of anilines is 1. The lowest BCUT2D eigenvalue weighted by molar-refractivity contribution is -0.132. The number of aliphatic hydroxyl groups is 1. The molecule has 1 aromatic heterocycles. The third-order valence-corrected chi connectivity index (χ3v) is 8.23. The number of fused-ring (bicyclic) bond motifs is 1. The van der Waals surface area contributed by atoms with Gasteiger partial charge in [0.25, 0.3) is 5.78 Å². The standard InChI is InChI=1S/C31H30N2O4S/c1-16-7-10-20(31(4,5)6)15-22(16)27(35)25-26(19-8-11-21(34)12-9-19)33(29(37)28(25)36)30-32-23-13-17(2)18(3)14-24(23)38-30/h7-15,26,34-35H,1-6H3/b27-25+. The van der Waals surface area contributed by atoms with Crippen molar-refractivity contribution < 1.29 is 19.8 Å². The van der Waals surface area contributed by atoms with Crippen molar-refractivity contribution in [1.29, 1.82) is 0 Å². The molecule has 2 heterocycles. The topological polar surface area (TPSA) is 90.7 Å². The van der Waals surface area contributed by atoms with Crippen molar-refractivity contribution in [3.63, 3.8) is 0 Å². The highest BCUT2D eigenvalue weighted by molar-refractivity contribution is 7.22. The zero-order valence-corrected chi connectivity index (χ0v) is 23.1. The van der Waals surface area contributed by atoms with Crippen LogP contribution >= 0.6 is 11.3 Å².